The zero-order chi connectivity index (χ0) is 15.6. The van der Waals surface area contributed by atoms with E-state index in [4.69, 9.17) is 16.3 Å². The van der Waals surface area contributed by atoms with Crippen molar-refractivity contribution in [3.63, 3.8) is 0 Å². The third kappa shape index (κ3) is 3.04. The Bertz CT molecular complexity index is 626. The van der Waals surface area contributed by atoms with Crippen molar-refractivity contribution < 1.29 is 4.74 Å². The molecule has 0 aliphatic rings. The number of hydrogen-bond acceptors (Lipinski definition) is 5. The van der Waals surface area contributed by atoms with Gasteiger partial charge < -0.3 is 10.5 Å². The Labute approximate surface area is 132 Å². The van der Waals surface area contributed by atoms with Gasteiger partial charge in [0, 0.05) is 21.8 Å². The quantitative estimate of drug-likeness (QED) is 0.436. The van der Waals surface area contributed by atoms with Crippen LogP contribution in [0.25, 0.3) is 0 Å². The highest BCUT2D eigenvalue weighted by molar-refractivity contribution is 9.10. The highest BCUT2D eigenvalue weighted by Gasteiger charge is 2.25. The summed E-state index contributed by atoms with van der Waals surface area (Å²) in [5, 5.41) is 4.38. The maximum Gasteiger partial charge on any atom is 0.161 e. The second-order valence-corrected chi connectivity index (χ2v) is 5.93. The number of nitrogen functional groups attached to an aromatic ring is 1. The van der Waals surface area contributed by atoms with Crippen LogP contribution in [0.5, 0.6) is 5.75 Å². The van der Waals surface area contributed by atoms with Crippen LogP contribution in [-0.2, 0) is 0 Å². The minimum atomic E-state index is -0.317. The van der Waals surface area contributed by atoms with Crippen LogP contribution in [0.3, 0.4) is 0 Å². The number of hydrazine groups is 1. The zero-order valence-electron chi connectivity index (χ0n) is 12.3. The average Bonchev–Trinajstić information content (AvgIpc) is 2.87. The molecular formula is C14H20BrN5O. The van der Waals surface area contributed by atoms with Gasteiger partial charge in [0.1, 0.15) is 5.69 Å². The van der Waals surface area contributed by atoms with Crippen LogP contribution in [0.1, 0.15) is 37.2 Å². The summed E-state index contributed by atoms with van der Waals surface area (Å²) >= 11 is 3.46. The third-order valence-electron chi connectivity index (χ3n) is 3.31. The van der Waals surface area contributed by atoms with Crippen molar-refractivity contribution in [3.05, 3.63) is 40.1 Å². The molecule has 0 fully saturated rings. The fraction of sp³-hybridized carbons (Fsp3) is 0.357. The maximum absolute atomic E-state index is 6.10. The molecule has 0 amide bonds. The summed E-state index contributed by atoms with van der Waals surface area (Å²) in [6.07, 6.45) is 1.69. The predicted molar refractivity (Wildman–Crippen MR) is 86.9 cm³/mol. The minimum Gasteiger partial charge on any atom is -0.493 e. The van der Waals surface area contributed by atoms with E-state index in [0.717, 1.165) is 15.7 Å². The molecule has 1 aromatic heterocycles. The van der Waals surface area contributed by atoms with E-state index in [9.17, 15) is 0 Å². The van der Waals surface area contributed by atoms with Crippen molar-refractivity contribution in [2.45, 2.75) is 25.9 Å². The first-order valence-corrected chi connectivity index (χ1v) is 7.41. The number of halogens is 1. The van der Waals surface area contributed by atoms with Crippen molar-refractivity contribution in [3.8, 4) is 5.75 Å². The molecule has 0 saturated heterocycles. The average molecular weight is 354 g/mol. The Balaban J connectivity index is 2.61. The number of hydrogen-bond donors (Lipinski definition) is 3. The molecule has 2 rings (SSSR count). The van der Waals surface area contributed by atoms with Crippen molar-refractivity contribution in [2.24, 2.45) is 5.84 Å². The van der Waals surface area contributed by atoms with Gasteiger partial charge in [-0.1, -0.05) is 15.9 Å². The van der Waals surface area contributed by atoms with E-state index in [0.29, 0.717) is 11.4 Å². The fourth-order valence-electron chi connectivity index (χ4n) is 2.31. The molecule has 1 heterocycles. The number of nitrogens with one attached hydrogen (secondary N) is 1. The summed E-state index contributed by atoms with van der Waals surface area (Å²) in [6.45, 7) is 4.10. The van der Waals surface area contributed by atoms with Crippen LogP contribution < -0.4 is 21.7 Å². The van der Waals surface area contributed by atoms with E-state index in [1.165, 1.54) is 0 Å². The second-order valence-electron chi connectivity index (χ2n) is 5.01. The number of nitrogens with zero attached hydrogens (tertiary/aromatic N) is 2. The largest absolute Gasteiger partial charge is 0.493 e. The zero-order valence-corrected chi connectivity index (χ0v) is 13.9. The van der Waals surface area contributed by atoms with Gasteiger partial charge in [-0.3, -0.25) is 10.5 Å². The molecule has 0 spiro atoms. The van der Waals surface area contributed by atoms with Gasteiger partial charge in [0.25, 0.3) is 0 Å². The molecule has 1 aromatic carbocycles. The van der Waals surface area contributed by atoms with Gasteiger partial charge in [-0.05, 0) is 32.0 Å². The predicted octanol–water partition coefficient (Wildman–Crippen LogP) is 2.37. The maximum atomic E-state index is 6.10. The van der Waals surface area contributed by atoms with E-state index in [2.05, 4.69) is 26.5 Å². The summed E-state index contributed by atoms with van der Waals surface area (Å²) in [5.74, 6) is 6.46. The molecule has 1 atom stereocenters. The van der Waals surface area contributed by atoms with Crippen LogP contribution in [0.4, 0.5) is 5.69 Å². The van der Waals surface area contributed by atoms with Crippen LogP contribution in [0.15, 0.2) is 28.9 Å². The summed E-state index contributed by atoms with van der Waals surface area (Å²) in [5.41, 5.74) is 11.3. The number of nitrogens with two attached hydrogens (primary N) is 2. The minimum absolute atomic E-state index is 0.174. The Hall–Kier alpha value is -1.57. The van der Waals surface area contributed by atoms with Gasteiger partial charge in [-0.15, -0.1) is 0 Å². The molecule has 0 bridgehead atoms. The molecule has 6 nitrogen and oxygen atoms in total. The summed E-state index contributed by atoms with van der Waals surface area (Å²) in [6, 6.07) is 5.53. The van der Waals surface area contributed by atoms with E-state index >= 15 is 0 Å². The topological polar surface area (TPSA) is 91.1 Å². The molecule has 114 valence electrons. The van der Waals surface area contributed by atoms with Gasteiger partial charge in [-0.2, -0.15) is 5.10 Å². The first-order valence-electron chi connectivity index (χ1n) is 6.62. The van der Waals surface area contributed by atoms with E-state index in [1.54, 1.807) is 13.3 Å². The molecule has 1 unspecified atom stereocenters. The van der Waals surface area contributed by atoms with E-state index in [1.807, 2.05) is 36.7 Å². The van der Waals surface area contributed by atoms with Crippen molar-refractivity contribution in [1.29, 1.82) is 0 Å². The van der Waals surface area contributed by atoms with Crippen molar-refractivity contribution in [1.82, 2.24) is 15.2 Å². The normalized spacial score (nSPS) is 12.7. The highest BCUT2D eigenvalue weighted by atomic mass is 79.9. The lowest BCUT2D eigenvalue weighted by molar-refractivity contribution is 0.394. The molecule has 5 N–H and O–H groups in total. The fourth-order valence-corrected chi connectivity index (χ4v) is 2.69. The number of aromatic nitrogens is 2. The lowest BCUT2D eigenvalue weighted by Crippen LogP contribution is -2.32. The Morgan fingerprint density at radius 1 is 1.38 bits per heavy atom. The first-order chi connectivity index (χ1) is 9.99. The van der Waals surface area contributed by atoms with Crippen molar-refractivity contribution >= 4 is 21.6 Å². The molecule has 0 saturated carbocycles. The number of rotatable bonds is 5. The second kappa shape index (κ2) is 6.46. The molecular weight excluding hydrogens is 334 g/mol. The SMILES string of the molecule is COc1cnn(C(C)C)c1C(NN)c1cc(Br)ccc1N. The van der Waals surface area contributed by atoms with Crippen LogP contribution in [0.2, 0.25) is 0 Å². The van der Waals surface area contributed by atoms with E-state index in [-0.39, 0.29) is 12.1 Å². The number of benzene rings is 1. The first kappa shape index (κ1) is 15.8. The Morgan fingerprint density at radius 2 is 2.10 bits per heavy atom. The standard InChI is InChI=1S/C14H20BrN5O/c1-8(2)20-14(12(21-3)7-18-20)13(19-17)10-6-9(15)4-5-11(10)16/h4-8,13,19H,16-17H2,1-3H3. The molecule has 21 heavy (non-hydrogen) atoms. The number of ether oxygens (including phenoxy) is 1. The molecule has 0 aliphatic carbocycles. The van der Waals surface area contributed by atoms with Crippen molar-refractivity contribution in [2.75, 3.05) is 12.8 Å². The summed E-state index contributed by atoms with van der Waals surface area (Å²) in [7, 11) is 1.61. The Kier molecular flexibility index (Phi) is 4.87. The lowest BCUT2D eigenvalue weighted by atomic mass is 10.0. The molecule has 2 aromatic rings. The van der Waals surface area contributed by atoms with Crippen LogP contribution in [-0.4, -0.2) is 16.9 Å². The van der Waals surface area contributed by atoms with E-state index < -0.39 is 0 Å². The van der Waals surface area contributed by atoms with Gasteiger partial charge in [0.05, 0.1) is 19.3 Å². The summed E-state index contributed by atoms with van der Waals surface area (Å²) < 4.78 is 8.23. The van der Waals surface area contributed by atoms with Gasteiger partial charge in [0.15, 0.2) is 5.75 Å². The smallest absolute Gasteiger partial charge is 0.161 e. The lowest BCUT2D eigenvalue weighted by Gasteiger charge is -2.22. The third-order valence-corrected chi connectivity index (χ3v) is 3.80. The highest BCUT2D eigenvalue weighted by Crippen LogP contribution is 2.34. The summed E-state index contributed by atoms with van der Waals surface area (Å²) in [4.78, 5) is 0. The molecule has 0 radical (unpaired) electrons. The number of methoxy groups -OCH3 is 1. The molecule has 0 aliphatic heterocycles. The van der Waals surface area contributed by atoms with Gasteiger partial charge in [-0.25, -0.2) is 5.43 Å². The molecule has 7 heteroatoms. The number of anilines is 1. The Morgan fingerprint density at radius 3 is 2.67 bits per heavy atom. The van der Waals surface area contributed by atoms with Crippen LogP contribution >= 0.6 is 15.9 Å². The van der Waals surface area contributed by atoms with Gasteiger partial charge >= 0.3 is 0 Å². The van der Waals surface area contributed by atoms with Gasteiger partial charge in [0.2, 0.25) is 0 Å². The monoisotopic (exact) mass is 353 g/mol. The van der Waals surface area contributed by atoms with Crippen LogP contribution in [0, 0.1) is 0 Å².